The first-order valence-corrected chi connectivity index (χ1v) is 11.0. The van der Waals surface area contributed by atoms with E-state index < -0.39 is 11.6 Å². The van der Waals surface area contributed by atoms with Crippen molar-refractivity contribution in [2.75, 3.05) is 6.61 Å². The molecule has 3 aromatic rings. The quantitative estimate of drug-likeness (QED) is 0.535. The van der Waals surface area contributed by atoms with Crippen molar-refractivity contribution >= 4 is 34.2 Å². The van der Waals surface area contributed by atoms with Gasteiger partial charge < -0.3 is 15.0 Å². The maximum atomic E-state index is 13.3. The molecular formula is C26H29ClN2O3. The average Bonchev–Trinajstić information content (AvgIpc) is 2.75. The van der Waals surface area contributed by atoms with Crippen molar-refractivity contribution in [1.82, 2.24) is 10.2 Å². The molecule has 3 aromatic carbocycles. The summed E-state index contributed by atoms with van der Waals surface area (Å²) < 4.78 is 5.90. The molecule has 32 heavy (non-hydrogen) atoms. The number of carbonyl (C=O) groups is 2. The summed E-state index contributed by atoms with van der Waals surface area (Å²) in [4.78, 5) is 27.6. The molecule has 0 spiro atoms. The number of ether oxygens (including phenoxy) is 1. The van der Waals surface area contributed by atoms with Crippen molar-refractivity contribution in [2.45, 2.75) is 45.8 Å². The van der Waals surface area contributed by atoms with Gasteiger partial charge in [-0.1, -0.05) is 66.2 Å². The minimum absolute atomic E-state index is 0.189. The predicted octanol–water partition coefficient (Wildman–Crippen LogP) is 5.20. The highest BCUT2D eigenvalue weighted by atomic mass is 35.5. The van der Waals surface area contributed by atoms with E-state index in [-0.39, 0.29) is 25.0 Å². The van der Waals surface area contributed by atoms with E-state index in [4.69, 9.17) is 16.3 Å². The summed E-state index contributed by atoms with van der Waals surface area (Å²) >= 11 is 6.33. The van der Waals surface area contributed by atoms with Gasteiger partial charge in [0.1, 0.15) is 11.8 Å². The Labute approximate surface area is 194 Å². The van der Waals surface area contributed by atoms with Gasteiger partial charge in [0, 0.05) is 22.5 Å². The molecule has 1 atom stereocenters. The summed E-state index contributed by atoms with van der Waals surface area (Å²) in [6.07, 6.45) is 0. The molecule has 6 heteroatoms. The number of benzene rings is 3. The summed E-state index contributed by atoms with van der Waals surface area (Å²) in [6.45, 7) is 7.44. The van der Waals surface area contributed by atoms with Crippen LogP contribution in [0.2, 0.25) is 5.02 Å². The SMILES string of the molecule is C[C@H](C(=O)NC(C)(C)C)N(Cc1ccccc1Cl)C(=O)COc1cccc2ccccc12. The highest BCUT2D eigenvalue weighted by molar-refractivity contribution is 6.31. The van der Waals surface area contributed by atoms with Crippen LogP contribution in [-0.4, -0.2) is 34.9 Å². The number of nitrogens with zero attached hydrogens (tertiary/aromatic N) is 1. The lowest BCUT2D eigenvalue weighted by Crippen LogP contribution is -2.53. The van der Waals surface area contributed by atoms with Gasteiger partial charge in [-0.05, 0) is 50.8 Å². The lowest BCUT2D eigenvalue weighted by Gasteiger charge is -2.31. The monoisotopic (exact) mass is 452 g/mol. The van der Waals surface area contributed by atoms with Gasteiger partial charge in [0.2, 0.25) is 5.91 Å². The molecule has 0 bridgehead atoms. The zero-order valence-electron chi connectivity index (χ0n) is 18.9. The molecule has 0 fully saturated rings. The van der Waals surface area contributed by atoms with Crippen molar-refractivity contribution < 1.29 is 14.3 Å². The molecule has 0 aliphatic carbocycles. The second kappa shape index (κ2) is 10.0. The third-order valence-electron chi connectivity index (χ3n) is 5.06. The average molecular weight is 453 g/mol. The molecule has 5 nitrogen and oxygen atoms in total. The second-order valence-electron chi connectivity index (χ2n) is 8.79. The van der Waals surface area contributed by atoms with Crippen LogP contribution in [0.1, 0.15) is 33.3 Å². The van der Waals surface area contributed by atoms with Gasteiger partial charge >= 0.3 is 0 Å². The Hall–Kier alpha value is -3.05. The number of halogens is 1. The third kappa shape index (κ3) is 6.01. The Balaban J connectivity index is 1.82. The number of hydrogen-bond acceptors (Lipinski definition) is 3. The molecule has 2 amide bonds. The van der Waals surface area contributed by atoms with E-state index in [1.807, 2.05) is 81.4 Å². The Bertz CT molecular complexity index is 1100. The fraction of sp³-hybridized carbons (Fsp3) is 0.308. The minimum atomic E-state index is -0.700. The van der Waals surface area contributed by atoms with Gasteiger partial charge in [0.25, 0.3) is 5.91 Å². The van der Waals surface area contributed by atoms with Crippen molar-refractivity contribution in [3.63, 3.8) is 0 Å². The maximum absolute atomic E-state index is 13.3. The number of fused-ring (bicyclic) bond motifs is 1. The van der Waals surface area contributed by atoms with Crippen LogP contribution in [0.25, 0.3) is 10.8 Å². The number of hydrogen-bond donors (Lipinski definition) is 1. The van der Waals surface area contributed by atoms with Gasteiger partial charge in [0.15, 0.2) is 6.61 Å². The molecule has 0 saturated carbocycles. The van der Waals surface area contributed by atoms with Crippen LogP contribution < -0.4 is 10.1 Å². The van der Waals surface area contributed by atoms with Crippen LogP contribution in [-0.2, 0) is 16.1 Å². The molecule has 0 radical (unpaired) electrons. The van der Waals surface area contributed by atoms with E-state index in [9.17, 15) is 9.59 Å². The Morgan fingerprint density at radius 3 is 2.38 bits per heavy atom. The smallest absolute Gasteiger partial charge is 0.261 e. The zero-order valence-corrected chi connectivity index (χ0v) is 19.6. The molecule has 3 rings (SSSR count). The summed E-state index contributed by atoms with van der Waals surface area (Å²) in [5.41, 5.74) is 0.354. The zero-order chi connectivity index (χ0) is 23.3. The molecule has 0 aromatic heterocycles. The Kier molecular flexibility index (Phi) is 7.41. The van der Waals surface area contributed by atoms with Crippen molar-refractivity contribution in [1.29, 1.82) is 0 Å². The Morgan fingerprint density at radius 1 is 1.00 bits per heavy atom. The third-order valence-corrected chi connectivity index (χ3v) is 5.43. The molecule has 0 aliphatic heterocycles. The van der Waals surface area contributed by atoms with E-state index in [1.165, 1.54) is 4.90 Å². The summed E-state index contributed by atoms with van der Waals surface area (Å²) in [5.74, 6) is 0.0958. The van der Waals surface area contributed by atoms with Crippen LogP contribution >= 0.6 is 11.6 Å². The minimum Gasteiger partial charge on any atom is -0.483 e. The van der Waals surface area contributed by atoms with E-state index in [0.717, 1.165) is 16.3 Å². The molecule has 1 N–H and O–H groups in total. The fourth-order valence-corrected chi connectivity index (χ4v) is 3.61. The lowest BCUT2D eigenvalue weighted by molar-refractivity contribution is -0.142. The summed E-state index contributed by atoms with van der Waals surface area (Å²) in [6, 6.07) is 20.2. The molecule has 0 unspecified atom stereocenters. The van der Waals surface area contributed by atoms with E-state index >= 15 is 0 Å². The lowest BCUT2D eigenvalue weighted by atomic mass is 10.1. The van der Waals surface area contributed by atoms with Crippen molar-refractivity contribution in [3.8, 4) is 5.75 Å². The van der Waals surface area contributed by atoms with Crippen LogP contribution in [0.3, 0.4) is 0 Å². The van der Waals surface area contributed by atoms with Crippen LogP contribution in [0.4, 0.5) is 0 Å². The number of carbonyl (C=O) groups excluding carboxylic acids is 2. The molecular weight excluding hydrogens is 424 g/mol. The number of amides is 2. The topological polar surface area (TPSA) is 58.6 Å². The molecule has 168 valence electrons. The van der Waals surface area contributed by atoms with Crippen LogP contribution in [0, 0.1) is 0 Å². The summed E-state index contributed by atoms with van der Waals surface area (Å²) in [5, 5.41) is 5.45. The van der Waals surface area contributed by atoms with Gasteiger partial charge in [-0.15, -0.1) is 0 Å². The van der Waals surface area contributed by atoms with E-state index in [0.29, 0.717) is 10.8 Å². The molecule has 0 aliphatic rings. The highest BCUT2D eigenvalue weighted by Gasteiger charge is 2.29. The fourth-order valence-electron chi connectivity index (χ4n) is 3.41. The van der Waals surface area contributed by atoms with E-state index in [2.05, 4.69) is 5.32 Å². The molecule has 0 heterocycles. The Morgan fingerprint density at radius 2 is 1.66 bits per heavy atom. The van der Waals surface area contributed by atoms with Crippen LogP contribution in [0.5, 0.6) is 5.75 Å². The first-order valence-electron chi connectivity index (χ1n) is 10.6. The highest BCUT2D eigenvalue weighted by Crippen LogP contribution is 2.25. The summed E-state index contributed by atoms with van der Waals surface area (Å²) in [7, 11) is 0. The first-order chi connectivity index (χ1) is 15.2. The first kappa shape index (κ1) is 23.6. The standard InChI is InChI=1S/C26H29ClN2O3/c1-18(25(31)28-26(2,3)4)29(16-20-11-6-8-14-22(20)27)24(30)17-32-23-15-9-12-19-10-5-7-13-21(19)23/h5-15,18H,16-17H2,1-4H3,(H,28,31)/t18-/m1/s1. The van der Waals surface area contributed by atoms with Crippen LogP contribution in [0.15, 0.2) is 66.7 Å². The number of nitrogens with one attached hydrogen (secondary N) is 1. The van der Waals surface area contributed by atoms with Gasteiger partial charge in [-0.25, -0.2) is 0 Å². The number of rotatable bonds is 7. The van der Waals surface area contributed by atoms with Gasteiger partial charge in [-0.2, -0.15) is 0 Å². The maximum Gasteiger partial charge on any atom is 0.261 e. The molecule has 0 saturated heterocycles. The van der Waals surface area contributed by atoms with E-state index in [1.54, 1.807) is 13.0 Å². The van der Waals surface area contributed by atoms with Crippen molar-refractivity contribution in [2.24, 2.45) is 0 Å². The second-order valence-corrected chi connectivity index (χ2v) is 9.20. The van der Waals surface area contributed by atoms with Gasteiger partial charge in [-0.3, -0.25) is 9.59 Å². The van der Waals surface area contributed by atoms with Crippen molar-refractivity contribution in [3.05, 3.63) is 77.3 Å². The predicted molar refractivity (Wildman–Crippen MR) is 129 cm³/mol. The largest absolute Gasteiger partial charge is 0.483 e. The normalized spacial score (nSPS) is 12.3. The van der Waals surface area contributed by atoms with Gasteiger partial charge in [0.05, 0.1) is 0 Å².